The molecule has 0 radical (unpaired) electrons. The van der Waals surface area contributed by atoms with E-state index >= 15 is 0 Å². The van der Waals surface area contributed by atoms with Crippen LogP contribution in [0.4, 0.5) is 5.69 Å². The summed E-state index contributed by atoms with van der Waals surface area (Å²) in [5.41, 5.74) is 6.98. The minimum atomic E-state index is -0.131. The lowest BCUT2D eigenvalue weighted by molar-refractivity contribution is 0.0954. The maximum atomic E-state index is 12.1. The van der Waals surface area contributed by atoms with E-state index in [0.29, 0.717) is 17.8 Å². The summed E-state index contributed by atoms with van der Waals surface area (Å²) < 4.78 is 0. The number of fused-ring (bicyclic) bond motifs is 1. The number of amides is 1. The summed E-state index contributed by atoms with van der Waals surface area (Å²) >= 11 is 0. The van der Waals surface area contributed by atoms with Crippen molar-refractivity contribution in [3.8, 4) is 12.3 Å². The van der Waals surface area contributed by atoms with E-state index in [1.165, 1.54) is 0 Å². The number of unbranched alkanes of at least 4 members (excludes halogenated alkanes) is 2. The standard InChI is InChI=1S/C17H18N2O/c1-2-3-4-7-10-19-17(20)15-11-13-8-5-6-9-14(13)12-16(15)18/h1,5-6,8-9,11-12H,3-4,7,10,18H2,(H,19,20). The molecule has 3 nitrogen and oxygen atoms in total. The molecule has 2 aromatic rings. The number of carbonyl (C=O) groups excluding carboxylic acids is 1. The zero-order valence-corrected chi connectivity index (χ0v) is 11.4. The Balaban J connectivity index is 2.06. The molecule has 2 aromatic carbocycles. The fraction of sp³-hybridized carbons (Fsp3) is 0.235. The smallest absolute Gasteiger partial charge is 0.253 e. The van der Waals surface area contributed by atoms with Crippen LogP contribution in [0.5, 0.6) is 0 Å². The van der Waals surface area contributed by atoms with Crippen LogP contribution in [0.2, 0.25) is 0 Å². The lowest BCUT2D eigenvalue weighted by atomic mass is 10.0. The highest BCUT2D eigenvalue weighted by molar-refractivity contribution is 6.03. The highest BCUT2D eigenvalue weighted by Crippen LogP contribution is 2.21. The SMILES string of the molecule is C#CCCCCNC(=O)c1cc2ccccc2cc1N. The topological polar surface area (TPSA) is 55.1 Å². The maximum absolute atomic E-state index is 12.1. The molecule has 0 aliphatic rings. The minimum absolute atomic E-state index is 0.131. The van der Waals surface area contributed by atoms with E-state index in [1.54, 1.807) is 0 Å². The summed E-state index contributed by atoms with van der Waals surface area (Å²) in [5.74, 6) is 2.45. The van der Waals surface area contributed by atoms with Gasteiger partial charge in [0.05, 0.1) is 5.56 Å². The predicted octanol–water partition coefficient (Wildman–Crippen LogP) is 2.96. The number of rotatable bonds is 5. The number of nitrogens with two attached hydrogens (primary N) is 1. The molecule has 0 saturated heterocycles. The van der Waals surface area contributed by atoms with Gasteiger partial charge in [-0.15, -0.1) is 12.3 Å². The van der Waals surface area contributed by atoms with Crippen LogP contribution in [0.3, 0.4) is 0 Å². The molecule has 0 fully saturated rings. The number of carbonyl (C=O) groups is 1. The van der Waals surface area contributed by atoms with E-state index in [4.69, 9.17) is 12.2 Å². The van der Waals surface area contributed by atoms with Crippen LogP contribution in [-0.4, -0.2) is 12.5 Å². The molecule has 0 heterocycles. The molecule has 0 atom stereocenters. The molecular formula is C17H18N2O. The van der Waals surface area contributed by atoms with Gasteiger partial charge in [0.15, 0.2) is 0 Å². The van der Waals surface area contributed by atoms with Gasteiger partial charge in [-0.1, -0.05) is 24.3 Å². The van der Waals surface area contributed by atoms with Crippen molar-refractivity contribution in [3.63, 3.8) is 0 Å². The first kappa shape index (κ1) is 14.0. The van der Waals surface area contributed by atoms with E-state index in [1.807, 2.05) is 36.4 Å². The lowest BCUT2D eigenvalue weighted by Crippen LogP contribution is -2.25. The summed E-state index contributed by atoms with van der Waals surface area (Å²) in [4.78, 5) is 12.1. The van der Waals surface area contributed by atoms with Gasteiger partial charge in [-0.05, 0) is 35.7 Å². The molecule has 0 aliphatic carbocycles. The van der Waals surface area contributed by atoms with Gasteiger partial charge in [0.25, 0.3) is 5.91 Å². The quantitative estimate of drug-likeness (QED) is 0.496. The van der Waals surface area contributed by atoms with Crippen molar-refractivity contribution < 1.29 is 4.79 Å². The maximum Gasteiger partial charge on any atom is 0.253 e. The third kappa shape index (κ3) is 3.30. The minimum Gasteiger partial charge on any atom is -0.398 e. The summed E-state index contributed by atoms with van der Waals surface area (Å²) in [6.45, 7) is 0.618. The summed E-state index contributed by atoms with van der Waals surface area (Å²) in [6, 6.07) is 11.5. The van der Waals surface area contributed by atoms with E-state index in [-0.39, 0.29) is 5.91 Å². The van der Waals surface area contributed by atoms with E-state index < -0.39 is 0 Å². The van der Waals surface area contributed by atoms with E-state index in [9.17, 15) is 4.79 Å². The molecule has 20 heavy (non-hydrogen) atoms. The average molecular weight is 266 g/mol. The van der Waals surface area contributed by atoms with Crippen molar-refractivity contribution >= 4 is 22.4 Å². The molecule has 0 spiro atoms. The Morgan fingerprint density at radius 2 is 1.90 bits per heavy atom. The first-order valence-corrected chi connectivity index (χ1v) is 6.72. The van der Waals surface area contributed by atoms with E-state index in [2.05, 4.69) is 11.2 Å². The predicted molar refractivity (Wildman–Crippen MR) is 83.4 cm³/mol. The summed E-state index contributed by atoms with van der Waals surface area (Å²) in [6.07, 6.45) is 7.72. The molecule has 0 bridgehead atoms. The first-order chi connectivity index (χ1) is 9.72. The number of hydrogen-bond donors (Lipinski definition) is 2. The van der Waals surface area contributed by atoms with Crippen molar-refractivity contribution in [2.24, 2.45) is 0 Å². The lowest BCUT2D eigenvalue weighted by Gasteiger charge is -2.09. The molecule has 3 N–H and O–H groups in total. The second-order valence-corrected chi connectivity index (χ2v) is 4.70. The van der Waals surface area contributed by atoms with Gasteiger partial charge >= 0.3 is 0 Å². The van der Waals surface area contributed by atoms with Crippen LogP contribution in [-0.2, 0) is 0 Å². The van der Waals surface area contributed by atoms with Gasteiger partial charge < -0.3 is 11.1 Å². The van der Waals surface area contributed by atoms with Crippen molar-refractivity contribution in [3.05, 3.63) is 42.0 Å². The fourth-order valence-corrected chi connectivity index (χ4v) is 2.10. The Hall–Kier alpha value is -2.47. The zero-order valence-electron chi connectivity index (χ0n) is 11.4. The van der Waals surface area contributed by atoms with Crippen LogP contribution >= 0.6 is 0 Å². The Labute approximate surface area is 119 Å². The van der Waals surface area contributed by atoms with Gasteiger partial charge in [-0.2, -0.15) is 0 Å². The zero-order chi connectivity index (χ0) is 14.4. The number of terminal acetylenes is 1. The van der Waals surface area contributed by atoms with Gasteiger partial charge in [-0.25, -0.2) is 0 Å². The van der Waals surface area contributed by atoms with Crippen LogP contribution in [0.15, 0.2) is 36.4 Å². The average Bonchev–Trinajstić information content (AvgIpc) is 2.46. The second kappa shape index (κ2) is 6.63. The molecule has 0 unspecified atom stereocenters. The van der Waals surface area contributed by atoms with Crippen LogP contribution < -0.4 is 11.1 Å². The fourth-order valence-electron chi connectivity index (χ4n) is 2.10. The Bertz CT molecular complexity index is 656. The van der Waals surface area contributed by atoms with Crippen LogP contribution in [0.25, 0.3) is 10.8 Å². The monoisotopic (exact) mass is 266 g/mol. The molecule has 0 aliphatic heterocycles. The summed E-state index contributed by atoms with van der Waals surface area (Å²) in [7, 11) is 0. The molecule has 0 aromatic heterocycles. The van der Waals surface area contributed by atoms with Gasteiger partial charge in [-0.3, -0.25) is 4.79 Å². The largest absolute Gasteiger partial charge is 0.398 e. The third-order valence-electron chi connectivity index (χ3n) is 3.20. The van der Waals surface area contributed by atoms with Crippen LogP contribution in [0, 0.1) is 12.3 Å². The number of nitrogen functional groups attached to an aromatic ring is 1. The number of hydrogen-bond acceptors (Lipinski definition) is 2. The third-order valence-corrected chi connectivity index (χ3v) is 3.20. The Morgan fingerprint density at radius 3 is 2.60 bits per heavy atom. The molecule has 1 amide bonds. The van der Waals surface area contributed by atoms with Crippen LogP contribution in [0.1, 0.15) is 29.6 Å². The molecular weight excluding hydrogens is 248 g/mol. The highest BCUT2D eigenvalue weighted by Gasteiger charge is 2.10. The highest BCUT2D eigenvalue weighted by atomic mass is 16.1. The number of anilines is 1. The first-order valence-electron chi connectivity index (χ1n) is 6.72. The molecule has 102 valence electrons. The normalized spacial score (nSPS) is 10.2. The molecule has 2 rings (SSSR count). The van der Waals surface area contributed by atoms with E-state index in [0.717, 1.165) is 30.0 Å². The number of benzene rings is 2. The Kier molecular flexibility index (Phi) is 4.62. The Morgan fingerprint density at radius 1 is 1.20 bits per heavy atom. The number of nitrogens with one attached hydrogen (secondary N) is 1. The van der Waals surface area contributed by atoms with Gasteiger partial charge in [0.1, 0.15) is 0 Å². The van der Waals surface area contributed by atoms with Crippen molar-refractivity contribution in [1.82, 2.24) is 5.32 Å². The second-order valence-electron chi connectivity index (χ2n) is 4.70. The van der Waals surface area contributed by atoms with Crippen molar-refractivity contribution in [2.45, 2.75) is 19.3 Å². The molecule has 3 heteroatoms. The van der Waals surface area contributed by atoms with Crippen molar-refractivity contribution in [1.29, 1.82) is 0 Å². The molecule has 0 saturated carbocycles. The summed E-state index contributed by atoms with van der Waals surface area (Å²) in [5, 5.41) is 4.93. The van der Waals surface area contributed by atoms with Crippen molar-refractivity contribution in [2.75, 3.05) is 12.3 Å². The van der Waals surface area contributed by atoms with Gasteiger partial charge in [0, 0.05) is 18.7 Å². The van der Waals surface area contributed by atoms with Gasteiger partial charge in [0.2, 0.25) is 0 Å².